The molecular formula is C18H19F3N4O2. The van der Waals surface area contributed by atoms with Gasteiger partial charge in [-0.05, 0) is 12.5 Å². The molecule has 6 nitrogen and oxygen atoms in total. The molecule has 0 amide bonds. The van der Waals surface area contributed by atoms with Crippen LogP contribution in [0, 0.1) is 10.1 Å². The fraction of sp³-hybridized carbons (Fsp3) is 0.389. The zero-order chi connectivity index (χ0) is 19.4. The summed E-state index contributed by atoms with van der Waals surface area (Å²) in [5.74, 6) is 0.535. The Hall–Kier alpha value is -2.68. The average Bonchev–Trinajstić information content (AvgIpc) is 2.86. The van der Waals surface area contributed by atoms with Crippen molar-refractivity contribution in [2.24, 2.45) is 0 Å². The van der Waals surface area contributed by atoms with Crippen LogP contribution in [0.15, 0.2) is 42.5 Å². The molecular weight excluding hydrogens is 361 g/mol. The summed E-state index contributed by atoms with van der Waals surface area (Å²) in [6.07, 6.45) is -3.66. The topological polar surface area (TPSA) is 62.5 Å². The summed E-state index contributed by atoms with van der Waals surface area (Å²) >= 11 is 0. The van der Waals surface area contributed by atoms with Gasteiger partial charge in [-0.2, -0.15) is 13.2 Å². The number of pyridine rings is 1. The van der Waals surface area contributed by atoms with Gasteiger partial charge in [0.2, 0.25) is 0 Å². The van der Waals surface area contributed by atoms with Crippen LogP contribution in [0.25, 0.3) is 11.3 Å². The number of anilines is 1. The van der Waals surface area contributed by atoms with Crippen LogP contribution in [0.2, 0.25) is 0 Å². The van der Waals surface area contributed by atoms with Crippen LogP contribution in [-0.2, 0) is 0 Å². The third-order valence-electron chi connectivity index (χ3n) is 4.42. The summed E-state index contributed by atoms with van der Waals surface area (Å²) in [5.41, 5.74) is 0.785. The minimum atomic E-state index is -4.22. The summed E-state index contributed by atoms with van der Waals surface area (Å²) < 4.78 is 37.9. The van der Waals surface area contributed by atoms with Gasteiger partial charge in [0.05, 0.1) is 11.5 Å². The maximum Gasteiger partial charge on any atom is 0.401 e. The Balaban J connectivity index is 1.84. The number of rotatable bonds is 4. The van der Waals surface area contributed by atoms with Gasteiger partial charge in [0.1, 0.15) is 5.82 Å². The van der Waals surface area contributed by atoms with Crippen molar-refractivity contribution in [2.75, 3.05) is 37.6 Å². The van der Waals surface area contributed by atoms with E-state index in [4.69, 9.17) is 0 Å². The van der Waals surface area contributed by atoms with Crippen LogP contribution in [0.5, 0.6) is 0 Å². The second-order valence-electron chi connectivity index (χ2n) is 6.39. The molecule has 1 aliphatic rings. The van der Waals surface area contributed by atoms with Crippen molar-refractivity contribution in [1.29, 1.82) is 0 Å². The molecule has 1 aliphatic heterocycles. The van der Waals surface area contributed by atoms with E-state index in [2.05, 4.69) is 4.98 Å². The van der Waals surface area contributed by atoms with Gasteiger partial charge in [0, 0.05) is 37.8 Å². The number of aromatic nitrogens is 1. The predicted octanol–water partition coefficient (Wildman–Crippen LogP) is 3.73. The van der Waals surface area contributed by atoms with E-state index < -0.39 is 17.6 Å². The molecule has 144 valence electrons. The molecule has 2 heterocycles. The first-order chi connectivity index (χ1) is 12.8. The highest BCUT2D eigenvalue weighted by Gasteiger charge is 2.31. The lowest BCUT2D eigenvalue weighted by Gasteiger charge is -2.23. The number of nitrogens with zero attached hydrogens (tertiary/aromatic N) is 4. The van der Waals surface area contributed by atoms with Crippen LogP contribution >= 0.6 is 0 Å². The summed E-state index contributed by atoms with van der Waals surface area (Å²) in [7, 11) is 0. The molecule has 0 saturated carbocycles. The number of benzene rings is 1. The lowest BCUT2D eigenvalue weighted by molar-refractivity contribution is -0.384. The van der Waals surface area contributed by atoms with E-state index in [9.17, 15) is 23.3 Å². The first kappa shape index (κ1) is 19.1. The molecule has 0 N–H and O–H groups in total. The van der Waals surface area contributed by atoms with Crippen molar-refractivity contribution in [3.05, 3.63) is 52.6 Å². The first-order valence-electron chi connectivity index (χ1n) is 8.58. The largest absolute Gasteiger partial charge is 0.401 e. The van der Waals surface area contributed by atoms with Gasteiger partial charge in [-0.1, -0.05) is 30.3 Å². The molecule has 0 unspecified atom stereocenters. The summed E-state index contributed by atoms with van der Waals surface area (Å²) in [6.45, 7) is 0.625. The minimum Gasteiger partial charge on any atom is -0.355 e. The molecule has 0 bridgehead atoms. The Labute approximate surface area is 154 Å². The van der Waals surface area contributed by atoms with Crippen molar-refractivity contribution in [3.8, 4) is 11.3 Å². The van der Waals surface area contributed by atoms with Gasteiger partial charge >= 0.3 is 6.18 Å². The highest BCUT2D eigenvalue weighted by molar-refractivity contribution is 5.71. The van der Waals surface area contributed by atoms with Crippen molar-refractivity contribution in [3.63, 3.8) is 0 Å². The first-order valence-corrected chi connectivity index (χ1v) is 8.58. The number of hydrogen-bond donors (Lipinski definition) is 0. The van der Waals surface area contributed by atoms with Gasteiger partial charge in [0.15, 0.2) is 5.69 Å². The standard InChI is InChI=1S/C18H19F3N4O2/c19-18(20,21)13-23-9-4-10-24(12-11-23)16-8-7-15(25(26)27)17(22-16)14-5-2-1-3-6-14/h1-3,5-8H,4,9-13H2. The van der Waals surface area contributed by atoms with Gasteiger partial charge in [0.25, 0.3) is 5.69 Å². The van der Waals surface area contributed by atoms with Crippen molar-refractivity contribution < 1.29 is 18.1 Å². The average molecular weight is 380 g/mol. The molecule has 1 saturated heterocycles. The third kappa shape index (κ3) is 4.94. The second kappa shape index (κ2) is 7.91. The molecule has 0 radical (unpaired) electrons. The van der Waals surface area contributed by atoms with Crippen molar-refractivity contribution in [1.82, 2.24) is 9.88 Å². The van der Waals surface area contributed by atoms with E-state index in [0.29, 0.717) is 37.4 Å². The lowest BCUT2D eigenvalue weighted by atomic mass is 10.1. The summed E-state index contributed by atoms with van der Waals surface area (Å²) in [4.78, 5) is 18.6. The monoisotopic (exact) mass is 380 g/mol. The fourth-order valence-electron chi connectivity index (χ4n) is 3.19. The molecule has 1 fully saturated rings. The highest BCUT2D eigenvalue weighted by atomic mass is 19.4. The smallest absolute Gasteiger partial charge is 0.355 e. The van der Waals surface area contributed by atoms with Crippen molar-refractivity contribution >= 4 is 11.5 Å². The molecule has 0 atom stereocenters. The van der Waals surface area contributed by atoms with E-state index in [1.807, 2.05) is 11.0 Å². The molecule has 1 aromatic heterocycles. The van der Waals surface area contributed by atoms with Crippen LogP contribution in [0.4, 0.5) is 24.7 Å². The van der Waals surface area contributed by atoms with E-state index in [1.165, 1.54) is 11.0 Å². The van der Waals surface area contributed by atoms with Gasteiger partial charge in [-0.25, -0.2) is 4.98 Å². The molecule has 0 aliphatic carbocycles. The zero-order valence-electron chi connectivity index (χ0n) is 14.5. The van der Waals surface area contributed by atoms with Crippen LogP contribution in [0.3, 0.4) is 0 Å². The van der Waals surface area contributed by atoms with Crippen LogP contribution < -0.4 is 4.90 Å². The molecule has 2 aromatic rings. The molecule has 27 heavy (non-hydrogen) atoms. The van der Waals surface area contributed by atoms with Gasteiger partial charge in [-0.15, -0.1) is 0 Å². The molecule has 0 spiro atoms. The Morgan fingerprint density at radius 1 is 1.04 bits per heavy atom. The summed E-state index contributed by atoms with van der Waals surface area (Å²) in [5, 5.41) is 11.4. The maximum atomic E-state index is 12.6. The maximum absolute atomic E-state index is 12.6. The number of alkyl halides is 3. The minimum absolute atomic E-state index is 0.0986. The van der Waals surface area contributed by atoms with E-state index >= 15 is 0 Å². The van der Waals surface area contributed by atoms with E-state index in [-0.39, 0.29) is 17.9 Å². The van der Waals surface area contributed by atoms with E-state index in [1.54, 1.807) is 30.3 Å². The number of hydrogen-bond acceptors (Lipinski definition) is 5. The quantitative estimate of drug-likeness (QED) is 0.597. The Morgan fingerprint density at radius 3 is 2.44 bits per heavy atom. The normalized spacial score (nSPS) is 16.2. The zero-order valence-corrected chi connectivity index (χ0v) is 14.5. The fourth-order valence-corrected chi connectivity index (χ4v) is 3.19. The Morgan fingerprint density at radius 2 is 1.78 bits per heavy atom. The van der Waals surface area contributed by atoms with Gasteiger partial charge < -0.3 is 4.90 Å². The molecule has 3 rings (SSSR count). The Kier molecular flexibility index (Phi) is 5.59. The number of nitro groups is 1. The van der Waals surface area contributed by atoms with E-state index in [0.717, 1.165) is 0 Å². The van der Waals surface area contributed by atoms with Crippen molar-refractivity contribution in [2.45, 2.75) is 12.6 Å². The molecule has 1 aromatic carbocycles. The third-order valence-corrected chi connectivity index (χ3v) is 4.42. The Bertz CT molecular complexity index is 799. The summed E-state index contributed by atoms with van der Waals surface area (Å²) in [6, 6.07) is 11.8. The van der Waals surface area contributed by atoms with Gasteiger partial charge in [-0.3, -0.25) is 15.0 Å². The SMILES string of the molecule is O=[N+]([O-])c1ccc(N2CCCN(CC(F)(F)F)CC2)nc1-c1ccccc1. The van der Waals surface area contributed by atoms with Crippen LogP contribution in [-0.4, -0.2) is 53.7 Å². The molecule has 9 heteroatoms. The lowest BCUT2D eigenvalue weighted by Crippen LogP contribution is -2.37. The second-order valence-corrected chi connectivity index (χ2v) is 6.39. The van der Waals surface area contributed by atoms with Crippen LogP contribution in [0.1, 0.15) is 6.42 Å². The number of halogens is 3. The predicted molar refractivity (Wildman–Crippen MR) is 95.7 cm³/mol. The highest BCUT2D eigenvalue weighted by Crippen LogP contribution is 2.30.